The highest BCUT2D eigenvalue weighted by Crippen LogP contribution is 2.38. The Labute approximate surface area is 182 Å². The summed E-state index contributed by atoms with van der Waals surface area (Å²) in [5.41, 5.74) is 0.798. The third-order valence-corrected chi connectivity index (χ3v) is 5.01. The van der Waals surface area contributed by atoms with Crippen molar-refractivity contribution in [2.75, 3.05) is 26.6 Å². The van der Waals surface area contributed by atoms with Crippen LogP contribution in [-0.4, -0.2) is 58.4 Å². The third kappa shape index (κ3) is 3.49. The van der Waals surface area contributed by atoms with Crippen LogP contribution in [0.2, 0.25) is 0 Å². The van der Waals surface area contributed by atoms with Crippen molar-refractivity contribution in [3.63, 3.8) is 0 Å². The van der Waals surface area contributed by atoms with Crippen molar-refractivity contribution in [1.29, 1.82) is 0 Å². The lowest BCUT2D eigenvalue weighted by molar-refractivity contribution is -0.136. The highest BCUT2D eigenvalue weighted by Gasteiger charge is 2.38. The summed E-state index contributed by atoms with van der Waals surface area (Å²) in [6.45, 7) is 0. The van der Waals surface area contributed by atoms with Crippen molar-refractivity contribution in [2.45, 2.75) is 6.04 Å². The Bertz CT molecular complexity index is 1220. The molecule has 0 amide bonds. The molecular formula is C21H19N5O6. The molecule has 164 valence electrons. The Kier molecular flexibility index (Phi) is 5.46. The Hall–Kier alpha value is -4.41. The number of tetrazole rings is 1. The maximum absolute atomic E-state index is 13.7. The number of rotatable bonds is 6. The number of hydrogen-bond donors (Lipinski definition) is 2. The topological polar surface area (TPSA) is 138 Å². The monoisotopic (exact) mass is 437 g/mol. The van der Waals surface area contributed by atoms with Gasteiger partial charge in [0.25, 0.3) is 0 Å². The van der Waals surface area contributed by atoms with Gasteiger partial charge in [0.05, 0.1) is 26.9 Å². The lowest BCUT2D eigenvalue weighted by atomic mass is 9.89. The average molecular weight is 437 g/mol. The van der Waals surface area contributed by atoms with Crippen LogP contribution in [-0.2, 0) is 9.53 Å². The third-order valence-electron chi connectivity index (χ3n) is 5.01. The van der Waals surface area contributed by atoms with Crippen LogP contribution in [0.4, 0.5) is 5.95 Å². The van der Waals surface area contributed by atoms with Crippen LogP contribution >= 0.6 is 0 Å². The SMILES string of the molecule is COC(=O)C1=C(C(=O)c2ccc(OC)c(OC)c2)[C@H](c2ccc(O)cc2)n2nnnc2N1. The predicted octanol–water partition coefficient (Wildman–Crippen LogP) is 1.72. The van der Waals surface area contributed by atoms with Crippen molar-refractivity contribution >= 4 is 17.7 Å². The molecule has 11 heteroatoms. The number of benzene rings is 2. The zero-order valence-corrected chi connectivity index (χ0v) is 17.4. The van der Waals surface area contributed by atoms with Gasteiger partial charge in [0.2, 0.25) is 5.95 Å². The second kappa shape index (κ2) is 8.38. The highest BCUT2D eigenvalue weighted by molar-refractivity contribution is 6.15. The Balaban J connectivity index is 1.93. The van der Waals surface area contributed by atoms with Crippen molar-refractivity contribution in [3.05, 3.63) is 64.9 Å². The molecule has 0 saturated heterocycles. The highest BCUT2D eigenvalue weighted by atomic mass is 16.5. The number of fused-ring (bicyclic) bond motifs is 1. The van der Waals surface area contributed by atoms with E-state index >= 15 is 0 Å². The van der Waals surface area contributed by atoms with Gasteiger partial charge in [0.15, 0.2) is 17.3 Å². The molecule has 0 aliphatic carbocycles. The number of hydrogen-bond acceptors (Lipinski definition) is 10. The number of nitrogens with zero attached hydrogens (tertiary/aromatic N) is 4. The van der Waals surface area contributed by atoms with E-state index in [4.69, 9.17) is 14.2 Å². The van der Waals surface area contributed by atoms with Gasteiger partial charge in [-0.25, -0.2) is 4.79 Å². The number of phenolic OH excluding ortho intramolecular Hbond substituents is 1. The minimum Gasteiger partial charge on any atom is -0.508 e. The summed E-state index contributed by atoms with van der Waals surface area (Å²) in [5.74, 6) is -0.223. The molecule has 2 N–H and O–H groups in total. The van der Waals surface area contributed by atoms with Crippen LogP contribution in [0.3, 0.4) is 0 Å². The molecule has 1 aromatic heterocycles. The number of methoxy groups -OCH3 is 3. The van der Waals surface area contributed by atoms with Gasteiger partial charge in [0.1, 0.15) is 17.5 Å². The summed E-state index contributed by atoms with van der Waals surface area (Å²) >= 11 is 0. The van der Waals surface area contributed by atoms with E-state index < -0.39 is 17.8 Å². The number of allylic oxidation sites excluding steroid dienone is 1. The number of ether oxygens (including phenoxy) is 3. The van der Waals surface area contributed by atoms with Crippen LogP contribution in [0.15, 0.2) is 53.7 Å². The van der Waals surface area contributed by atoms with Gasteiger partial charge in [-0.05, 0) is 46.3 Å². The van der Waals surface area contributed by atoms with Crippen molar-refractivity contribution in [3.8, 4) is 17.2 Å². The standard InChI is InChI=1S/C21H19N5O6/c1-30-14-9-6-12(10-15(14)31-2)19(28)16-17(20(29)32-3)22-21-23-24-25-26(21)18(16)11-4-7-13(27)8-5-11/h4-10,18,27H,1-3H3,(H,22,23,25)/t18-/m0/s1. The fourth-order valence-electron chi connectivity index (χ4n) is 3.49. The van der Waals surface area contributed by atoms with E-state index in [9.17, 15) is 14.7 Å². The number of aromatic hydroxyl groups is 1. The number of ketones is 1. The number of nitrogens with one attached hydrogen (secondary N) is 1. The molecule has 0 saturated carbocycles. The maximum Gasteiger partial charge on any atom is 0.355 e. The lowest BCUT2D eigenvalue weighted by Gasteiger charge is -2.28. The number of carbonyl (C=O) groups is 2. The normalized spacial score (nSPS) is 14.9. The first kappa shape index (κ1) is 20.8. The van der Waals surface area contributed by atoms with Gasteiger partial charge < -0.3 is 24.6 Å². The average Bonchev–Trinajstić information content (AvgIpc) is 3.30. The first-order valence-electron chi connectivity index (χ1n) is 9.41. The van der Waals surface area contributed by atoms with Crippen molar-refractivity contribution in [1.82, 2.24) is 20.2 Å². The molecule has 0 spiro atoms. The van der Waals surface area contributed by atoms with Crippen LogP contribution in [0.1, 0.15) is 22.0 Å². The summed E-state index contributed by atoms with van der Waals surface area (Å²) in [6.07, 6.45) is 0. The Morgan fingerprint density at radius 2 is 1.75 bits per heavy atom. The van der Waals surface area contributed by atoms with Gasteiger partial charge in [-0.15, -0.1) is 0 Å². The minimum atomic E-state index is -0.864. The van der Waals surface area contributed by atoms with Crippen LogP contribution in [0, 0.1) is 0 Å². The van der Waals surface area contributed by atoms with Crippen LogP contribution in [0.5, 0.6) is 17.2 Å². The summed E-state index contributed by atoms with van der Waals surface area (Å²) < 4.78 is 16.8. The van der Waals surface area contributed by atoms with Gasteiger partial charge >= 0.3 is 5.97 Å². The van der Waals surface area contributed by atoms with Gasteiger partial charge in [0, 0.05) is 5.56 Å². The van der Waals surface area contributed by atoms with E-state index in [0.29, 0.717) is 17.1 Å². The van der Waals surface area contributed by atoms with Gasteiger partial charge in [-0.3, -0.25) is 4.79 Å². The molecule has 1 aliphatic heterocycles. The molecular weight excluding hydrogens is 418 g/mol. The predicted molar refractivity (Wildman–Crippen MR) is 111 cm³/mol. The first-order chi connectivity index (χ1) is 15.5. The Morgan fingerprint density at radius 3 is 2.41 bits per heavy atom. The second-order valence-electron chi connectivity index (χ2n) is 6.75. The molecule has 1 aliphatic rings. The van der Waals surface area contributed by atoms with E-state index in [-0.39, 0.29) is 28.5 Å². The number of phenols is 1. The number of anilines is 1. The lowest BCUT2D eigenvalue weighted by Crippen LogP contribution is -2.32. The molecule has 2 heterocycles. The van der Waals surface area contributed by atoms with E-state index in [1.54, 1.807) is 24.3 Å². The van der Waals surface area contributed by atoms with Crippen molar-refractivity contribution in [2.24, 2.45) is 0 Å². The second-order valence-corrected chi connectivity index (χ2v) is 6.75. The number of aromatic nitrogens is 4. The van der Waals surface area contributed by atoms with E-state index in [1.807, 2.05) is 0 Å². The molecule has 3 aromatic rings. The molecule has 32 heavy (non-hydrogen) atoms. The zero-order valence-electron chi connectivity index (χ0n) is 17.4. The summed E-state index contributed by atoms with van der Waals surface area (Å²) in [7, 11) is 4.16. The van der Waals surface area contributed by atoms with E-state index in [1.165, 1.54) is 44.2 Å². The molecule has 0 unspecified atom stereocenters. The number of Topliss-reactive ketones (excluding diaryl/α,β-unsaturated/α-hetero) is 1. The summed E-state index contributed by atoms with van der Waals surface area (Å²) in [6, 6.07) is 9.99. The molecule has 11 nitrogen and oxygen atoms in total. The zero-order chi connectivity index (χ0) is 22.8. The quantitative estimate of drug-likeness (QED) is 0.433. The largest absolute Gasteiger partial charge is 0.508 e. The maximum atomic E-state index is 13.7. The molecule has 2 aromatic carbocycles. The van der Waals surface area contributed by atoms with Crippen LogP contribution in [0.25, 0.3) is 0 Å². The van der Waals surface area contributed by atoms with Gasteiger partial charge in [-0.1, -0.05) is 17.2 Å². The van der Waals surface area contributed by atoms with Crippen molar-refractivity contribution < 1.29 is 28.9 Å². The smallest absolute Gasteiger partial charge is 0.355 e. The molecule has 0 radical (unpaired) electrons. The van der Waals surface area contributed by atoms with Crippen LogP contribution < -0.4 is 14.8 Å². The van der Waals surface area contributed by atoms with E-state index in [2.05, 4.69) is 20.8 Å². The number of carbonyl (C=O) groups excluding carboxylic acids is 2. The Morgan fingerprint density at radius 1 is 1.03 bits per heavy atom. The summed E-state index contributed by atoms with van der Waals surface area (Å²) in [5, 5.41) is 24.0. The first-order valence-corrected chi connectivity index (χ1v) is 9.41. The fraction of sp³-hybridized carbons (Fsp3) is 0.190. The molecule has 0 fully saturated rings. The fourth-order valence-corrected chi connectivity index (χ4v) is 3.49. The summed E-state index contributed by atoms with van der Waals surface area (Å²) in [4.78, 5) is 26.4. The van der Waals surface area contributed by atoms with Gasteiger partial charge in [-0.2, -0.15) is 4.68 Å². The molecule has 4 rings (SSSR count). The molecule has 1 atom stereocenters. The molecule has 0 bridgehead atoms. The minimum absolute atomic E-state index is 0.0459. The number of esters is 1. The van der Waals surface area contributed by atoms with E-state index in [0.717, 1.165) is 0 Å².